The number of hydrogen-bond donors (Lipinski definition) is 1. The normalized spacial score (nSPS) is 18.8. The van der Waals surface area contributed by atoms with E-state index >= 15 is 0 Å². The van der Waals surface area contributed by atoms with Crippen LogP contribution in [0.1, 0.15) is 10.4 Å². The molecule has 1 N–H and O–H groups in total. The Hall–Kier alpha value is -3.90. The summed E-state index contributed by atoms with van der Waals surface area (Å²) < 4.78 is 10.2. The van der Waals surface area contributed by atoms with E-state index in [4.69, 9.17) is 21.1 Å². The van der Waals surface area contributed by atoms with Crippen LogP contribution in [0.5, 0.6) is 5.75 Å². The molecule has 2 atom stereocenters. The number of halogens is 1. The Balaban J connectivity index is 1.37. The van der Waals surface area contributed by atoms with Crippen LogP contribution in [0.15, 0.2) is 65.3 Å². The fourth-order valence-electron chi connectivity index (χ4n) is 3.36. The molecule has 11 nitrogen and oxygen atoms in total. The van der Waals surface area contributed by atoms with Crippen molar-refractivity contribution < 1.29 is 33.6 Å². The van der Waals surface area contributed by atoms with Gasteiger partial charge >= 0.3 is 11.9 Å². The molecule has 2 aliphatic rings. The topological polar surface area (TPSA) is 145 Å². The first-order valence-corrected chi connectivity index (χ1v) is 11.5. The van der Waals surface area contributed by atoms with Gasteiger partial charge in [-0.25, -0.2) is 9.59 Å². The predicted octanol–water partition coefficient (Wildman–Crippen LogP) is 2.21. The van der Waals surface area contributed by atoms with E-state index < -0.39 is 40.1 Å². The number of carbonyl (C=O) groups excluding carboxylic acids is 4. The highest BCUT2D eigenvalue weighted by Crippen LogP contribution is 2.41. The summed E-state index contributed by atoms with van der Waals surface area (Å²) in [6.45, 7) is -0.305. The van der Waals surface area contributed by atoms with E-state index in [0.717, 1.165) is 29.2 Å². The second-order valence-corrected chi connectivity index (χ2v) is 8.85. The third-order valence-electron chi connectivity index (χ3n) is 5.04. The van der Waals surface area contributed by atoms with Gasteiger partial charge < -0.3 is 14.8 Å². The van der Waals surface area contributed by atoms with E-state index in [-0.39, 0.29) is 34.3 Å². The number of thioether (sulfide) groups is 1. The van der Waals surface area contributed by atoms with Crippen LogP contribution in [0.2, 0.25) is 0 Å². The lowest BCUT2D eigenvalue weighted by atomic mass is 10.1. The Morgan fingerprint density at radius 3 is 2.46 bits per heavy atom. The number of para-hydroxylation sites is 1. The van der Waals surface area contributed by atoms with Gasteiger partial charge in [-0.05, 0) is 24.3 Å². The molecule has 2 aromatic rings. The summed E-state index contributed by atoms with van der Waals surface area (Å²) in [7, 11) is 0. The van der Waals surface area contributed by atoms with Gasteiger partial charge in [0.2, 0.25) is 0 Å². The van der Waals surface area contributed by atoms with Gasteiger partial charge in [0, 0.05) is 17.9 Å². The van der Waals surface area contributed by atoms with Crippen molar-refractivity contribution in [3.63, 3.8) is 0 Å². The van der Waals surface area contributed by atoms with Crippen molar-refractivity contribution >= 4 is 52.8 Å². The number of nitro groups is 1. The van der Waals surface area contributed by atoms with Crippen LogP contribution in [0.3, 0.4) is 0 Å². The van der Waals surface area contributed by atoms with Crippen molar-refractivity contribution in [2.75, 3.05) is 12.4 Å². The molecule has 1 saturated heterocycles. The van der Waals surface area contributed by atoms with Gasteiger partial charge in [-0.15, -0.1) is 11.8 Å². The van der Waals surface area contributed by atoms with Crippen molar-refractivity contribution in [1.82, 2.24) is 10.2 Å². The van der Waals surface area contributed by atoms with E-state index in [9.17, 15) is 29.3 Å². The molecule has 2 aliphatic heterocycles. The first-order valence-electron chi connectivity index (χ1n) is 10.1. The van der Waals surface area contributed by atoms with Crippen molar-refractivity contribution in [2.45, 2.75) is 11.4 Å². The Kier molecular flexibility index (Phi) is 7.03. The molecule has 1 unspecified atom stereocenters. The number of hydrogen-bond acceptors (Lipinski definition) is 9. The number of ether oxygens (including phenoxy) is 2. The lowest BCUT2D eigenvalue weighted by molar-refractivity contribution is -0.384. The number of amides is 2. The Morgan fingerprint density at radius 1 is 1.11 bits per heavy atom. The van der Waals surface area contributed by atoms with Crippen molar-refractivity contribution in [3.8, 4) is 5.75 Å². The monoisotopic (exact) mass is 517 g/mol. The van der Waals surface area contributed by atoms with Crippen LogP contribution in [0, 0.1) is 10.1 Å². The van der Waals surface area contributed by atoms with E-state index in [1.54, 1.807) is 30.3 Å². The SMILES string of the molecule is O=C(COc1ccccc1)NC1C(=O)N2C(C(=O)OC(=O)c3ccc([N+](=O)[O-])cc3)=C(Cl)CS[C@@H]12. The summed E-state index contributed by atoms with van der Waals surface area (Å²) in [4.78, 5) is 61.2. The van der Waals surface area contributed by atoms with Gasteiger partial charge in [-0.2, -0.15) is 0 Å². The molecule has 35 heavy (non-hydrogen) atoms. The standard InChI is InChI=1S/C22H16ClN3O8S/c23-15-11-35-20-17(24-16(27)10-33-14-4-2-1-3-5-14)19(28)25(20)18(15)22(30)34-21(29)12-6-8-13(9-7-12)26(31)32/h1-9,17,20H,10-11H2,(H,24,27)/t17?,20-/m0/s1. The molecule has 0 bridgehead atoms. The number of fused-ring (bicyclic) bond motifs is 1. The molecule has 2 heterocycles. The lowest BCUT2D eigenvalue weighted by Crippen LogP contribution is -2.70. The second kappa shape index (κ2) is 10.2. The highest BCUT2D eigenvalue weighted by atomic mass is 35.5. The van der Waals surface area contributed by atoms with Crippen LogP contribution in [0.4, 0.5) is 5.69 Å². The Labute approximate surface area is 207 Å². The summed E-state index contributed by atoms with van der Waals surface area (Å²) in [6.07, 6.45) is 0. The number of nitro benzene ring substituents is 1. The van der Waals surface area contributed by atoms with Crippen molar-refractivity contribution in [2.24, 2.45) is 0 Å². The van der Waals surface area contributed by atoms with Gasteiger partial charge in [-0.3, -0.25) is 24.6 Å². The van der Waals surface area contributed by atoms with E-state index in [1.807, 2.05) is 0 Å². The summed E-state index contributed by atoms with van der Waals surface area (Å²) in [5.41, 5.74) is -0.623. The summed E-state index contributed by atoms with van der Waals surface area (Å²) in [6, 6.07) is 12.2. The van der Waals surface area contributed by atoms with Crippen LogP contribution in [-0.4, -0.2) is 57.4 Å². The summed E-state index contributed by atoms with van der Waals surface area (Å²) in [5, 5.41) is 12.7. The zero-order valence-electron chi connectivity index (χ0n) is 17.7. The number of carbonyl (C=O) groups is 4. The van der Waals surface area contributed by atoms with E-state index in [0.29, 0.717) is 5.75 Å². The Morgan fingerprint density at radius 2 is 1.80 bits per heavy atom. The van der Waals surface area contributed by atoms with Gasteiger partial charge in [0.15, 0.2) is 6.61 Å². The van der Waals surface area contributed by atoms with Gasteiger partial charge in [0.05, 0.1) is 15.5 Å². The van der Waals surface area contributed by atoms with Crippen LogP contribution < -0.4 is 10.1 Å². The average molecular weight is 518 g/mol. The zero-order valence-corrected chi connectivity index (χ0v) is 19.3. The first kappa shape index (κ1) is 24.2. The molecular weight excluding hydrogens is 502 g/mol. The second-order valence-electron chi connectivity index (χ2n) is 7.29. The summed E-state index contributed by atoms with van der Waals surface area (Å²) >= 11 is 7.40. The molecule has 180 valence electrons. The van der Waals surface area contributed by atoms with E-state index in [1.165, 1.54) is 11.8 Å². The molecule has 0 aliphatic carbocycles. The van der Waals surface area contributed by atoms with Gasteiger partial charge in [-0.1, -0.05) is 29.8 Å². The molecule has 0 saturated carbocycles. The number of β-lactam (4-membered cyclic amide) rings is 1. The molecule has 0 radical (unpaired) electrons. The molecule has 0 spiro atoms. The third-order valence-corrected chi connectivity index (χ3v) is 6.79. The van der Waals surface area contributed by atoms with Crippen LogP contribution in [-0.2, 0) is 19.1 Å². The first-order chi connectivity index (χ1) is 16.8. The van der Waals surface area contributed by atoms with Gasteiger partial charge in [0.25, 0.3) is 17.5 Å². The Bertz CT molecular complexity index is 1240. The largest absolute Gasteiger partial charge is 0.484 e. The molecule has 1 fully saturated rings. The fourth-order valence-corrected chi connectivity index (χ4v) is 4.91. The van der Waals surface area contributed by atoms with Gasteiger partial charge in [0.1, 0.15) is 22.9 Å². The maximum absolute atomic E-state index is 12.7. The molecule has 0 aromatic heterocycles. The van der Waals surface area contributed by atoms with Crippen LogP contribution in [0.25, 0.3) is 0 Å². The maximum atomic E-state index is 12.7. The number of benzene rings is 2. The summed E-state index contributed by atoms with van der Waals surface area (Å²) in [5.74, 6) is -2.68. The lowest BCUT2D eigenvalue weighted by Gasteiger charge is -2.48. The minimum atomic E-state index is -1.14. The molecule has 2 amide bonds. The quantitative estimate of drug-likeness (QED) is 0.192. The smallest absolute Gasteiger partial charge is 0.364 e. The van der Waals surface area contributed by atoms with E-state index in [2.05, 4.69) is 5.32 Å². The molecule has 13 heteroatoms. The maximum Gasteiger partial charge on any atom is 0.364 e. The zero-order chi connectivity index (χ0) is 25.1. The van der Waals surface area contributed by atoms with Crippen molar-refractivity contribution in [3.05, 3.63) is 81.0 Å². The number of esters is 2. The number of nitrogens with zero attached hydrogens (tertiary/aromatic N) is 2. The molecule has 4 rings (SSSR count). The number of nitrogens with one attached hydrogen (secondary N) is 1. The highest BCUT2D eigenvalue weighted by molar-refractivity contribution is 8.00. The fraction of sp³-hybridized carbons (Fsp3) is 0.182. The molecule has 2 aromatic carbocycles. The highest BCUT2D eigenvalue weighted by Gasteiger charge is 2.54. The minimum absolute atomic E-state index is 0.0123. The number of rotatable bonds is 7. The minimum Gasteiger partial charge on any atom is -0.484 e. The number of non-ortho nitro benzene ring substituents is 1. The third kappa shape index (κ3) is 5.12. The predicted molar refractivity (Wildman–Crippen MR) is 123 cm³/mol. The van der Waals surface area contributed by atoms with Crippen LogP contribution >= 0.6 is 23.4 Å². The van der Waals surface area contributed by atoms with Crippen molar-refractivity contribution in [1.29, 1.82) is 0 Å². The molecular formula is C22H16ClN3O8S. The average Bonchev–Trinajstić information content (AvgIpc) is 2.86.